The van der Waals surface area contributed by atoms with Gasteiger partial charge < -0.3 is 9.30 Å². The molecule has 0 N–H and O–H groups in total. The van der Waals surface area contributed by atoms with Crippen molar-refractivity contribution in [3.05, 3.63) is 99.3 Å². The van der Waals surface area contributed by atoms with Crippen molar-refractivity contribution in [2.75, 3.05) is 7.11 Å². The normalized spacial score (nSPS) is 11.7. The highest BCUT2D eigenvalue weighted by Gasteiger charge is 2.14. The molecule has 0 saturated heterocycles. The number of carbonyl (C=O) groups excluding carboxylic acids is 2. The van der Waals surface area contributed by atoms with Crippen molar-refractivity contribution in [2.24, 2.45) is 4.99 Å². The molecule has 1 amide bonds. The molecule has 0 radical (unpaired) electrons. The lowest BCUT2D eigenvalue weighted by molar-refractivity contribution is -0.141. The summed E-state index contributed by atoms with van der Waals surface area (Å²) in [5, 5.41) is 0. The molecule has 4 rings (SSSR count). The van der Waals surface area contributed by atoms with Crippen LogP contribution in [-0.2, 0) is 22.5 Å². The average Bonchev–Trinajstić information content (AvgIpc) is 3.10. The molecule has 32 heavy (non-hydrogen) atoms. The van der Waals surface area contributed by atoms with Crippen LogP contribution in [0.5, 0.6) is 0 Å². The number of hydrogen-bond donors (Lipinski definition) is 0. The highest BCUT2D eigenvalue weighted by molar-refractivity contribution is 7.16. The first-order valence-electron chi connectivity index (χ1n) is 10.3. The molecule has 0 atom stereocenters. The number of amides is 1. The third-order valence-electron chi connectivity index (χ3n) is 5.46. The van der Waals surface area contributed by atoms with E-state index in [1.165, 1.54) is 24.0 Å². The molecule has 0 bridgehead atoms. The standard InChI is InChI=1S/C26H24N2O3S/c1-17-13-22-23(14-18(17)2)32-26(28(22)16-24(29)31-3)27-25(30)21-11-9-20(10-12-21)15-19-7-5-4-6-8-19/h4-14H,15-16H2,1-3H3. The minimum atomic E-state index is -0.387. The summed E-state index contributed by atoms with van der Waals surface area (Å²) in [6.45, 7) is 4.06. The number of benzene rings is 3. The number of esters is 1. The second kappa shape index (κ2) is 9.32. The van der Waals surface area contributed by atoms with E-state index in [4.69, 9.17) is 4.74 Å². The van der Waals surface area contributed by atoms with E-state index in [-0.39, 0.29) is 18.4 Å². The second-order valence-corrected chi connectivity index (χ2v) is 8.74. The zero-order valence-electron chi connectivity index (χ0n) is 18.3. The quantitative estimate of drug-likeness (QED) is 0.415. The summed E-state index contributed by atoms with van der Waals surface area (Å²) in [5.41, 5.74) is 5.98. The molecule has 4 aromatic rings. The van der Waals surface area contributed by atoms with Crippen molar-refractivity contribution >= 4 is 33.4 Å². The molecule has 6 heteroatoms. The van der Waals surface area contributed by atoms with Gasteiger partial charge in [-0.15, -0.1) is 0 Å². The molecule has 5 nitrogen and oxygen atoms in total. The Hall–Kier alpha value is -3.51. The minimum absolute atomic E-state index is 0.00112. The van der Waals surface area contributed by atoms with Crippen LogP contribution in [-0.4, -0.2) is 23.6 Å². The lowest BCUT2D eigenvalue weighted by Gasteiger charge is -2.06. The zero-order valence-corrected chi connectivity index (χ0v) is 19.1. The van der Waals surface area contributed by atoms with Crippen LogP contribution in [0.1, 0.15) is 32.6 Å². The molecule has 0 aliphatic heterocycles. The first-order chi connectivity index (χ1) is 15.4. The van der Waals surface area contributed by atoms with E-state index in [2.05, 4.69) is 23.2 Å². The van der Waals surface area contributed by atoms with Gasteiger partial charge in [-0.25, -0.2) is 0 Å². The summed E-state index contributed by atoms with van der Waals surface area (Å²) in [4.78, 5) is 29.8. The Balaban J connectivity index is 1.67. The highest BCUT2D eigenvalue weighted by atomic mass is 32.1. The van der Waals surface area contributed by atoms with Crippen LogP contribution in [0.15, 0.2) is 71.7 Å². The zero-order chi connectivity index (χ0) is 22.7. The smallest absolute Gasteiger partial charge is 0.325 e. The lowest BCUT2D eigenvalue weighted by atomic mass is 10.0. The predicted octanol–water partition coefficient (Wildman–Crippen LogP) is 4.82. The van der Waals surface area contributed by atoms with Crippen molar-refractivity contribution in [2.45, 2.75) is 26.8 Å². The van der Waals surface area contributed by atoms with Crippen LogP contribution in [0.4, 0.5) is 0 Å². The van der Waals surface area contributed by atoms with Crippen LogP contribution >= 0.6 is 11.3 Å². The Bertz CT molecular complexity index is 1350. The Morgan fingerprint density at radius 3 is 2.28 bits per heavy atom. The van der Waals surface area contributed by atoms with Crippen LogP contribution in [0.25, 0.3) is 10.2 Å². The molecule has 3 aromatic carbocycles. The summed E-state index contributed by atoms with van der Waals surface area (Å²) in [6, 6.07) is 21.8. The van der Waals surface area contributed by atoms with Crippen molar-refractivity contribution in [1.29, 1.82) is 0 Å². The van der Waals surface area contributed by atoms with E-state index in [1.54, 1.807) is 16.7 Å². The fourth-order valence-corrected chi connectivity index (χ4v) is 4.61. The summed E-state index contributed by atoms with van der Waals surface area (Å²) in [5.74, 6) is -0.725. The number of aromatic nitrogens is 1. The van der Waals surface area contributed by atoms with Gasteiger partial charge in [0.15, 0.2) is 4.80 Å². The Morgan fingerprint density at radius 2 is 1.59 bits per heavy atom. The van der Waals surface area contributed by atoms with Gasteiger partial charge in [0, 0.05) is 5.56 Å². The van der Waals surface area contributed by atoms with Gasteiger partial charge in [0.25, 0.3) is 5.91 Å². The molecule has 0 aliphatic carbocycles. The fourth-order valence-electron chi connectivity index (χ4n) is 3.50. The predicted molar refractivity (Wildman–Crippen MR) is 127 cm³/mol. The van der Waals surface area contributed by atoms with Gasteiger partial charge in [0.2, 0.25) is 0 Å². The largest absolute Gasteiger partial charge is 0.468 e. The van der Waals surface area contributed by atoms with Crippen LogP contribution in [0.2, 0.25) is 0 Å². The summed E-state index contributed by atoms with van der Waals surface area (Å²) >= 11 is 1.39. The minimum Gasteiger partial charge on any atom is -0.468 e. The van der Waals surface area contributed by atoms with E-state index in [1.807, 2.05) is 50.2 Å². The molecule has 0 aliphatic rings. The highest BCUT2D eigenvalue weighted by Crippen LogP contribution is 2.22. The molecular weight excluding hydrogens is 420 g/mol. The fraction of sp³-hybridized carbons (Fsp3) is 0.192. The number of methoxy groups -OCH3 is 1. The number of thiazole rings is 1. The van der Waals surface area contributed by atoms with Gasteiger partial charge in [0.05, 0.1) is 17.3 Å². The van der Waals surface area contributed by atoms with Gasteiger partial charge in [0.1, 0.15) is 6.54 Å². The van der Waals surface area contributed by atoms with Crippen molar-refractivity contribution in [3.63, 3.8) is 0 Å². The third kappa shape index (κ3) is 4.70. The molecule has 0 fully saturated rings. The van der Waals surface area contributed by atoms with E-state index in [0.717, 1.165) is 33.3 Å². The Labute approximate surface area is 190 Å². The molecule has 0 unspecified atom stereocenters. The molecular formula is C26H24N2O3S. The SMILES string of the molecule is COC(=O)Cn1c(=NC(=O)c2ccc(Cc3ccccc3)cc2)sc2cc(C)c(C)cc21. The van der Waals surface area contributed by atoms with E-state index in [9.17, 15) is 9.59 Å². The van der Waals surface area contributed by atoms with Gasteiger partial charge in [-0.05, 0) is 66.8 Å². The molecule has 1 aromatic heterocycles. The topological polar surface area (TPSA) is 60.7 Å². The summed E-state index contributed by atoms with van der Waals surface area (Å²) in [7, 11) is 1.35. The number of fused-ring (bicyclic) bond motifs is 1. The molecule has 0 spiro atoms. The van der Waals surface area contributed by atoms with Crippen LogP contribution < -0.4 is 4.80 Å². The Morgan fingerprint density at radius 1 is 0.938 bits per heavy atom. The van der Waals surface area contributed by atoms with Crippen molar-refractivity contribution < 1.29 is 14.3 Å². The maximum atomic E-state index is 12.9. The second-order valence-electron chi connectivity index (χ2n) is 7.73. The number of rotatable bonds is 5. The van der Waals surface area contributed by atoms with Crippen molar-refractivity contribution in [1.82, 2.24) is 4.57 Å². The molecule has 0 saturated carbocycles. The molecule has 1 heterocycles. The summed E-state index contributed by atoms with van der Waals surface area (Å²) in [6.07, 6.45) is 0.806. The first kappa shape index (κ1) is 21.7. The van der Waals surface area contributed by atoms with E-state index in [0.29, 0.717) is 10.4 Å². The number of nitrogens with zero attached hydrogens (tertiary/aromatic N) is 2. The van der Waals surface area contributed by atoms with Gasteiger partial charge in [-0.2, -0.15) is 4.99 Å². The summed E-state index contributed by atoms with van der Waals surface area (Å²) < 4.78 is 7.58. The van der Waals surface area contributed by atoms with Crippen LogP contribution in [0.3, 0.4) is 0 Å². The monoisotopic (exact) mass is 444 g/mol. The number of ether oxygens (including phenoxy) is 1. The average molecular weight is 445 g/mol. The Kier molecular flexibility index (Phi) is 6.32. The van der Waals surface area contributed by atoms with E-state index < -0.39 is 0 Å². The number of aryl methyl sites for hydroxylation is 2. The number of carbonyl (C=O) groups is 2. The van der Waals surface area contributed by atoms with Crippen LogP contribution in [0, 0.1) is 13.8 Å². The van der Waals surface area contributed by atoms with E-state index >= 15 is 0 Å². The molecule has 162 valence electrons. The maximum absolute atomic E-state index is 12.9. The first-order valence-corrected chi connectivity index (χ1v) is 11.2. The third-order valence-corrected chi connectivity index (χ3v) is 6.50. The van der Waals surface area contributed by atoms with Gasteiger partial charge >= 0.3 is 5.97 Å². The lowest BCUT2D eigenvalue weighted by Crippen LogP contribution is -2.22. The number of hydrogen-bond acceptors (Lipinski definition) is 4. The van der Waals surface area contributed by atoms with Crippen molar-refractivity contribution in [3.8, 4) is 0 Å². The van der Waals surface area contributed by atoms with Gasteiger partial charge in [-0.1, -0.05) is 53.8 Å². The maximum Gasteiger partial charge on any atom is 0.325 e. The van der Waals surface area contributed by atoms with Gasteiger partial charge in [-0.3, -0.25) is 9.59 Å².